The van der Waals surface area contributed by atoms with Gasteiger partial charge in [-0.25, -0.2) is 9.97 Å². The van der Waals surface area contributed by atoms with Crippen molar-refractivity contribution < 1.29 is 9.53 Å². The van der Waals surface area contributed by atoms with Gasteiger partial charge in [0.15, 0.2) is 0 Å². The number of ether oxygens (including phenoxy) is 1. The van der Waals surface area contributed by atoms with E-state index < -0.39 is 5.41 Å². The van der Waals surface area contributed by atoms with Gasteiger partial charge in [0, 0.05) is 41.6 Å². The van der Waals surface area contributed by atoms with Gasteiger partial charge < -0.3 is 15.4 Å². The molecule has 0 saturated carbocycles. The molecule has 0 spiro atoms. The van der Waals surface area contributed by atoms with Gasteiger partial charge in [0.25, 0.3) is 0 Å². The van der Waals surface area contributed by atoms with Crippen LogP contribution in [0.4, 0.5) is 11.6 Å². The Morgan fingerprint density at radius 1 is 1.30 bits per heavy atom. The number of esters is 1. The van der Waals surface area contributed by atoms with Gasteiger partial charge in [-0.3, -0.25) is 4.79 Å². The van der Waals surface area contributed by atoms with Crippen molar-refractivity contribution in [1.82, 2.24) is 9.97 Å². The zero-order chi connectivity index (χ0) is 19.6. The average molecular weight is 382 g/mol. The van der Waals surface area contributed by atoms with Crippen molar-refractivity contribution in [2.75, 3.05) is 30.3 Å². The van der Waals surface area contributed by atoms with Crippen molar-refractivity contribution in [2.45, 2.75) is 31.6 Å². The number of carbonyl (C=O) groups is 1. The maximum Gasteiger partial charge on any atom is 0.311 e. The van der Waals surface area contributed by atoms with Gasteiger partial charge in [-0.1, -0.05) is 11.5 Å². The lowest BCUT2D eigenvalue weighted by Gasteiger charge is -2.37. The third-order valence-electron chi connectivity index (χ3n) is 5.06. The fraction of sp³-hybridized carbons (Fsp3) is 0.421. The molecule has 0 unspecified atom stereocenters. The molecule has 2 N–H and O–H groups in total. The number of aromatic nitrogens is 2. The molecule has 0 amide bonds. The molecule has 2 heterocycles. The first-order chi connectivity index (χ1) is 12.8. The molecule has 140 valence electrons. The summed E-state index contributed by atoms with van der Waals surface area (Å²) in [5.41, 5.74) is 8.22. The number of thiol groups is 1. The lowest BCUT2D eigenvalue weighted by Crippen LogP contribution is -2.44. The number of nitrogens with two attached hydrogens (primary N) is 1. The Hall–Kier alpha value is -2.22. The van der Waals surface area contributed by atoms with E-state index in [1.54, 1.807) is 12.4 Å². The van der Waals surface area contributed by atoms with Crippen LogP contribution in [0.2, 0.25) is 0 Å². The molecule has 0 atom stereocenters. The summed E-state index contributed by atoms with van der Waals surface area (Å²) in [6.45, 7) is 5.63. The zero-order valence-corrected chi connectivity index (χ0v) is 16.5. The minimum absolute atomic E-state index is 0.122. The Morgan fingerprint density at radius 2 is 1.93 bits per heavy atom. The molecule has 1 fully saturated rings. The highest BCUT2D eigenvalue weighted by molar-refractivity contribution is 7.80. The van der Waals surface area contributed by atoms with Crippen LogP contribution in [0, 0.1) is 5.41 Å². The molecule has 6 nitrogen and oxygen atoms in total. The molecule has 27 heavy (non-hydrogen) atoms. The summed E-state index contributed by atoms with van der Waals surface area (Å²) in [5.74, 6) is 0.528. The van der Waals surface area contributed by atoms with Crippen molar-refractivity contribution in [3.63, 3.8) is 0 Å². The van der Waals surface area contributed by atoms with Crippen molar-refractivity contribution >= 4 is 43.5 Å². The lowest BCUT2D eigenvalue weighted by molar-refractivity contribution is -0.155. The van der Waals surface area contributed by atoms with E-state index in [4.69, 9.17) is 18.3 Å². The minimum Gasteiger partial charge on any atom is -0.466 e. The predicted octanol–water partition coefficient (Wildman–Crippen LogP) is 1.98. The van der Waals surface area contributed by atoms with Crippen LogP contribution in [-0.4, -0.2) is 43.5 Å². The topological polar surface area (TPSA) is 81.3 Å². The Bertz CT molecular complexity index is 813. The van der Waals surface area contributed by atoms with E-state index in [0.29, 0.717) is 54.5 Å². The van der Waals surface area contributed by atoms with E-state index in [1.165, 1.54) is 0 Å². The number of rotatable bonds is 4. The van der Waals surface area contributed by atoms with E-state index >= 15 is 0 Å². The molecule has 1 aliphatic rings. The van der Waals surface area contributed by atoms with Crippen molar-refractivity contribution in [2.24, 2.45) is 5.41 Å². The number of anilines is 2. The van der Waals surface area contributed by atoms with E-state index in [0.717, 1.165) is 11.1 Å². The molecule has 3 rings (SSSR count). The fourth-order valence-corrected chi connectivity index (χ4v) is 3.32. The van der Waals surface area contributed by atoms with Crippen LogP contribution in [0.25, 0.3) is 11.1 Å². The average Bonchev–Trinajstić information content (AvgIpc) is 2.67. The molecule has 8 heteroatoms. The highest BCUT2D eigenvalue weighted by Gasteiger charge is 2.38. The molecule has 2 aromatic rings. The summed E-state index contributed by atoms with van der Waals surface area (Å²) < 4.78 is 5.20. The first-order valence-electron chi connectivity index (χ1n) is 8.96. The van der Waals surface area contributed by atoms with E-state index in [1.807, 2.05) is 26.0 Å². The Labute approximate surface area is 166 Å². The quantitative estimate of drug-likeness (QED) is 0.364. The number of piperidine rings is 1. The molecule has 1 saturated heterocycles. The second-order valence-electron chi connectivity index (χ2n) is 7.04. The van der Waals surface area contributed by atoms with E-state index in [-0.39, 0.29) is 5.97 Å². The molecular formula is C19H23BN4O2S. The standard InChI is InChI=1S/C19H23BN4O2S/c1-3-26-17(25)19(2)4-6-24(7-5-19)18-22-10-13(11-23-18)12-8-14(20)16(27)15(21)9-12/h8-11,27H,3-7,21H2,1-2H3. The summed E-state index contributed by atoms with van der Waals surface area (Å²) >= 11 is 4.28. The van der Waals surface area contributed by atoms with Crippen LogP contribution in [0.5, 0.6) is 0 Å². The van der Waals surface area contributed by atoms with Crippen molar-refractivity contribution in [3.8, 4) is 11.1 Å². The van der Waals surface area contributed by atoms with Crippen molar-refractivity contribution in [3.05, 3.63) is 24.5 Å². The van der Waals surface area contributed by atoms with Gasteiger partial charge >= 0.3 is 5.97 Å². The molecule has 1 aromatic carbocycles. The fourth-order valence-electron chi connectivity index (χ4n) is 3.19. The molecular weight excluding hydrogens is 359 g/mol. The summed E-state index contributed by atoms with van der Waals surface area (Å²) in [6.07, 6.45) is 4.95. The second-order valence-corrected chi connectivity index (χ2v) is 7.49. The second kappa shape index (κ2) is 7.80. The monoisotopic (exact) mass is 382 g/mol. The third kappa shape index (κ3) is 4.05. The van der Waals surface area contributed by atoms with Gasteiger partial charge in [0.2, 0.25) is 5.95 Å². The van der Waals surface area contributed by atoms with Gasteiger partial charge in [0.1, 0.15) is 7.85 Å². The van der Waals surface area contributed by atoms with Gasteiger partial charge in [-0.15, -0.1) is 12.6 Å². The van der Waals surface area contributed by atoms with Crippen LogP contribution in [0.1, 0.15) is 26.7 Å². The zero-order valence-electron chi connectivity index (χ0n) is 15.6. The predicted molar refractivity (Wildman–Crippen MR) is 111 cm³/mol. The van der Waals surface area contributed by atoms with E-state index in [9.17, 15) is 4.79 Å². The molecule has 2 radical (unpaired) electrons. The highest BCUT2D eigenvalue weighted by Crippen LogP contribution is 2.33. The Balaban J connectivity index is 1.71. The van der Waals surface area contributed by atoms with Crippen LogP contribution in [0.3, 0.4) is 0 Å². The maximum absolute atomic E-state index is 12.1. The molecule has 0 bridgehead atoms. The highest BCUT2D eigenvalue weighted by atomic mass is 32.1. The van der Waals surface area contributed by atoms with Crippen LogP contribution in [-0.2, 0) is 9.53 Å². The van der Waals surface area contributed by atoms with Gasteiger partial charge in [-0.2, -0.15) is 0 Å². The summed E-state index contributed by atoms with van der Waals surface area (Å²) in [7, 11) is 5.93. The summed E-state index contributed by atoms with van der Waals surface area (Å²) in [4.78, 5) is 23.8. The normalized spacial score (nSPS) is 16.2. The number of nitrogens with zero attached hydrogens (tertiary/aromatic N) is 3. The molecule has 1 aliphatic heterocycles. The van der Waals surface area contributed by atoms with Crippen molar-refractivity contribution in [1.29, 1.82) is 0 Å². The number of hydrogen-bond donors (Lipinski definition) is 2. The first-order valence-corrected chi connectivity index (χ1v) is 9.41. The number of carbonyl (C=O) groups excluding carboxylic acids is 1. The summed E-state index contributed by atoms with van der Waals surface area (Å²) in [6, 6.07) is 3.62. The molecule has 1 aromatic heterocycles. The molecule has 0 aliphatic carbocycles. The maximum atomic E-state index is 12.1. The number of hydrogen-bond acceptors (Lipinski definition) is 7. The van der Waals surface area contributed by atoms with Crippen LogP contribution >= 0.6 is 12.6 Å². The largest absolute Gasteiger partial charge is 0.466 e. The van der Waals surface area contributed by atoms with Gasteiger partial charge in [-0.05, 0) is 38.3 Å². The minimum atomic E-state index is -0.434. The Kier molecular flexibility index (Phi) is 5.65. The third-order valence-corrected chi connectivity index (χ3v) is 5.57. The SMILES string of the molecule is [B]c1cc(-c2cnc(N3CCC(C)(C(=O)OCC)CC3)nc2)cc(N)c1S. The van der Waals surface area contributed by atoms with Crippen LogP contribution < -0.4 is 16.1 Å². The van der Waals surface area contributed by atoms with Crippen LogP contribution in [0.15, 0.2) is 29.4 Å². The first kappa shape index (κ1) is 19.5. The van der Waals surface area contributed by atoms with Gasteiger partial charge in [0.05, 0.1) is 12.0 Å². The van der Waals surface area contributed by atoms with E-state index in [2.05, 4.69) is 27.5 Å². The smallest absolute Gasteiger partial charge is 0.311 e. The Morgan fingerprint density at radius 3 is 2.48 bits per heavy atom. The number of nitrogen functional groups attached to an aromatic ring is 1. The lowest BCUT2D eigenvalue weighted by atomic mass is 9.80. The number of benzene rings is 1. The summed E-state index contributed by atoms with van der Waals surface area (Å²) in [5, 5.41) is 0.